The fourth-order valence-corrected chi connectivity index (χ4v) is 3.25. The number of nitrogens with zero attached hydrogens (tertiary/aromatic N) is 1. The van der Waals surface area contributed by atoms with E-state index < -0.39 is 10.8 Å². The summed E-state index contributed by atoms with van der Waals surface area (Å²) in [4.78, 5) is 16.0. The number of carbonyl (C=O) groups excluding carboxylic acids is 1. The minimum absolute atomic E-state index is 0.0375. The van der Waals surface area contributed by atoms with E-state index in [0.29, 0.717) is 31.0 Å². The van der Waals surface area contributed by atoms with Crippen molar-refractivity contribution in [2.24, 2.45) is 0 Å². The topological polar surface area (TPSA) is 68.3 Å². The SMILES string of the molecule is COCCS(=O)Cc1cccc(NC(=O)CCc2ccncc2)c1. The summed E-state index contributed by atoms with van der Waals surface area (Å²) < 4.78 is 16.8. The molecule has 0 aliphatic rings. The van der Waals surface area contributed by atoms with Crippen molar-refractivity contribution in [2.75, 3.05) is 24.8 Å². The van der Waals surface area contributed by atoms with Crippen LogP contribution in [0.4, 0.5) is 5.69 Å². The lowest BCUT2D eigenvalue weighted by Crippen LogP contribution is -2.12. The number of aryl methyl sites for hydroxylation is 1. The second-order valence-corrected chi connectivity index (χ2v) is 6.96. The van der Waals surface area contributed by atoms with Gasteiger partial charge in [0.2, 0.25) is 5.91 Å². The van der Waals surface area contributed by atoms with Crippen LogP contribution in [0.25, 0.3) is 0 Å². The highest BCUT2D eigenvalue weighted by atomic mass is 32.2. The zero-order valence-electron chi connectivity index (χ0n) is 13.7. The highest BCUT2D eigenvalue weighted by molar-refractivity contribution is 7.84. The number of pyridine rings is 1. The van der Waals surface area contributed by atoms with Crippen molar-refractivity contribution in [3.63, 3.8) is 0 Å². The lowest BCUT2D eigenvalue weighted by Gasteiger charge is -2.08. The fraction of sp³-hybridized carbons (Fsp3) is 0.333. The van der Waals surface area contributed by atoms with E-state index in [9.17, 15) is 9.00 Å². The summed E-state index contributed by atoms with van der Waals surface area (Å²) in [5, 5.41) is 2.89. The van der Waals surface area contributed by atoms with Crippen LogP contribution in [0.1, 0.15) is 17.5 Å². The molecule has 1 aromatic carbocycles. The van der Waals surface area contributed by atoms with Crippen molar-refractivity contribution in [3.05, 3.63) is 59.9 Å². The smallest absolute Gasteiger partial charge is 0.224 e. The molecule has 0 aliphatic heterocycles. The summed E-state index contributed by atoms with van der Waals surface area (Å²) >= 11 is 0. The summed E-state index contributed by atoms with van der Waals surface area (Å²) in [6, 6.07) is 11.3. The highest BCUT2D eigenvalue weighted by Gasteiger charge is 2.06. The number of benzene rings is 1. The number of aromatic nitrogens is 1. The predicted molar refractivity (Wildman–Crippen MR) is 96.2 cm³/mol. The van der Waals surface area contributed by atoms with E-state index >= 15 is 0 Å². The number of carbonyl (C=O) groups is 1. The number of anilines is 1. The minimum Gasteiger partial charge on any atom is -0.384 e. The number of methoxy groups -OCH3 is 1. The van der Waals surface area contributed by atoms with Gasteiger partial charge in [-0.2, -0.15) is 0 Å². The van der Waals surface area contributed by atoms with Crippen molar-refractivity contribution in [2.45, 2.75) is 18.6 Å². The van der Waals surface area contributed by atoms with Gasteiger partial charge >= 0.3 is 0 Å². The maximum absolute atomic E-state index is 12.1. The molecule has 1 aromatic heterocycles. The molecule has 1 unspecified atom stereocenters. The van der Waals surface area contributed by atoms with Gasteiger partial charge < -0.3 is 10.1 Å². The lowest BCUT2D eigenvalue weighted by atomic mass is 10.1. The number of ether oxygens (including phenoxy) is 1. The van der Waals surface area contributed by atoms with E-state index in [1.807, 2.05) is 36.4 Å². The molecule has 0 radical (unpaired) electrons. The van der Waals surface area contributed by atoms with Crippen molar-refractivity contribution in [1.29, 1.82) is 0 Å². The van der Waals surface area contributed by atoms with Crippen molar-refractivity contribution >= 4 is 22.4 Å². The predicted octanol–water partition coefficient (Wildman–Crippen LogP) is 2.55. The van der Waals surface area contributed by atoms with Crippen LogP contribution in [-0.2, 0) is 32.5 Å². The molecule has 0 aliphatic carbocycles. The largest absolute Gasteiger partial charge is 0.384 e. The Kier molecular flexibility index (Phi) is 7.58. The standard InChI is InChI=1S/C18H22N2O3S/c1-23-11-12-24(22)14-16-3-2-4-17(13-16)20-18(21)6-5-15-7-9-19-10-8-15/h2-4,7-10,13H,5-6,11-12,14H2,1H3,(H,20,21). The molecule has 1 N–H and O–H groups in total. The summed E-state index contributed by atoms with van der Waals surface area (Å²) in [6.45, 7) is 0.484. The van der Waals surface area contributed by atoms with E-state index in [1.165, 1.54) is 0 Å². The molecule has 0 fully saturated rings. The van der Waals surface area contributed by atoms with Crippen molar-refractivity contribution in [3.8, 4) is 0 Å². The Bertz CT molecular complexity index is 677. The molecule has 1 heterocycles. The van der Waals surface area contributed by atoms with Gasteiger partial charge in [0.05, 0.1) is 6.61 Å². The lowest BCUT2D eigenvalue weighted by molar-refractivity contribution is -0.116. The first kappa shape index (κ1) is 18.3. The van der Waals surface area contributed by atoms with Gasteiger partial charge in [-0.3, -0.25) is 14.0 Å². The fourth-order valence-electron chi connectivity index (χ4n) is 2.20. The molecule has 0 saturated carbocycles. The van der Waals surface area contributed by atoms with Crippen LogP contribution in [0, 0.1) is 0 Å². The van der Waals surface area contributed by atoms with Crippen LogP contribution in [0.5, 0.6) is 0 Å². The molecule has 1 atom stereocenters. The Morgan fingerprint density at radius 3 is 2.75 bits per heavy atom. The Balaban J connectivity index is 1.84. The van der Waals surface area contributed by atoms with Crippen LogP contribution >= 0.6 is 0 Å². The molecular formula is C18H22N2O3S. The minimum atomic E-state index is -0.964. The monoisotopic (exact) mass is 346 g/mol. The number of nitrogens with one attached hydrogen (secondary N) is 1. The maximum atomic E-state index is 12.1. The molecule has 6 heteroatoms. The second kappa shape index (κ2) is 9.95. The normalized spacial score (nSPS) is 11.9. The molecule has 2 aromatic rings. The number of amides is 1. The summed E-state index contributed by atoms with van der Waals surface area (Å²) in [5.41, 5.74) is 2.76. The van der Waals surface area contributed by atoms with Gasteiger partial charge in [-0.15, -0.1) is 0 Å². The number of hydrogen-bond acceptors (Lipinski definition) is 4. The van der Waals surface area contributed by atoms with E-state index in [4.69, 9.17) is 4.74 Å². The quantitative estimate of drug-likeness (QED) is 0.758. The van der Waals surface area contributed by atoms with Crippen LogP contribution in [0.2, 0.25) is 0 Å². The summed E-state index contributed by atoms with van der Waals surface area (Å²) in [5.74, 6) is 0.938. The first-order chi connectivity index (χ1) is 11.7. The van der Waals surface area contributed by atoms with E-state index in [1.54, 1.807) is 19.5 Å². The number of hydrogen-bond donors (Lipinski definition) is 1. The molecular weight excluding hydrogens is 324 g/mol. The zero-order valence-corrected chi connectivity index (χ0v) is 14.6. The van der Waals surface area contributed by atoms with Gasteiger partial charge in [0.15, 0.2) is 0 Å². The summed E-state index contributed by atoms with van der Waals surface area (Å²) in [7, 11) is 0.633. The zero-order chi connectivity index (χ0) is 17.2. The van der Waals surface area contributed by atoms with E-state index in [0.717, 1.165) is 16.8 Å². The van der Waals surface area contributed by atoms with E-state index in [-0.39, 0.29) is 5.91 Å². The molecule has 0 bridgehead atoms. The van der Waals surface area contributed by atoms with Gasteiger partial charge in [-0.25, -0.2) is 0 Å². The maximum Gasteiger partial charge on any atom is 0.224 e. The first-order valence-corrected chi connectivity index (χ1v) is 9.28. The van der Waals surface area contributed by atoms with Crippen LogP contribution in [0.3, 0.4) is 0 Å². The Morgan fingerprint density at radius 2 is 2.00 bits per heavy atom. The summed E-state index contributed by atoms with van der Waals surface area (Å²) in [6.07, 6.45) is 4.53. The van der Waals surface area contributed by atoms with Gasteiger partial charge in [-0.1, -0.05) is 12.1 Å². The van der Waals surface area contributed by atoms with E-state index in [2.05, 4.69) is 10.3 Å². The Hall–Kier alpha value is -2.05. The van der Waals surface area contributed by atoms with Crippen LogP contribution in [-0.4, -0.2) is 34.6 Å². The second-order valence-electron chi connectivity index (χ2n) is 5.39. The average molecular weight is 346 g/mol. The van der Waals surface area contributed by atoms with Gasteiger partial charge in [0.1, 0.15) is 0 Å². The molecule has 24 heavy (non-hydrogen) atoms. The molecule has 128 valence electrons. The Labute approximate surface area is 144 Å². The molecule has 5 nitrogen and oxygen atoms in total. The molecule has 2 rings (SSSR count). The van der Waals surface area contributed by atoms with Crippen molar-refractivity contribution in [1.82, 2.24) is 4.98 Å². The first-order valence-electron chi connectivity index (χ1n) is 7.79. The average Bonchev–Trinajstić information content (AvgIpc) is 2.59. The van der Waals surface area contributed by atoms with Gasteiger partial charge in [0, 0.05) is 53.9 Å². The highest BCUT2D eigenvalue weighted by Crippen LogP contribution is 2.13. The third kappa shape index (κ3) is 6.60. The van der Waals surface area contributed by atoms with Crippen molar-refractivity contribution < 1.29 is 13.7 Å². The number of rotatable bonds is 9. The Morgan fingerprint density at radius 1 is 1.21 bits per heavy atom. The van der Waals surface area contributed by atoms with Crippen LogP contribution < -0.4 is 5.32 Å². The van der Waals surface area contributed by atoms with Crippen LogP contribution in [0.15, 0.2) is 48.8 Å². The third-order valence-electron chi connectivity index (χ3n) is 3.44. The third-order valence-corrected chi connectivity index (χ3v) is 4.72. The molecule has 0 spiro atoms. The van der Waals surface area contributed by atoms with Gasteiger partial charge in [0.25, 0.3) is 0 Å². The molecule has 0 saturated heterocycles. The van der Waals surface area contributed by atoms with Gasteiger partial charge in [-0.05, 0) is 41.8 Å². The molecule has 1 amide bonds.